The van der Waals surface area contributed by atoms with Gasteiger partial charge in [-0.25, -0.2) is 4.98 Å². The summed E-state index contributed by atoms with van der Waals surface area (Å²) in [4.78, 5) is 16.5. The van der Waals surface area contributed by atoms with Crippen LogP contribution in [0.5, 0.6) is 0 Å². The van der Waals surface area contributed by atoms with Crippen molar-refractivity contribution in [3.63, 3.8) is 0 Å². The van der Waals surface area contributed by atoms with Crippen LogP contribution in [-0.4, -0.2) is 25.8 Å². The van der Waals surface area contributed by atoms with Crippen LogP contribution in [0.2, 0.25) is 0 Å². The first-order chi connectivity index (χ1) is 8.63. The maximum Gasteiger partial charge on any atom is 0.312 e. The van der Waals surface area contributed by atoms with Gasteiger partial charge in [0.15, 0.2) is 10.9 Å². The maximum absolute atomic E-state index is 11.1. The minimum atomic E-state index is -0.788. The SMILES string of the molecule is Cn1ccc(Nc2nc3c(s2)CCC3C(=O)O)n1. The van der Waals surface area contributed by atoms with Gasteiger partial charge in [-0.15, -0.1) is 11.3 Å². The van der Waals surface area contributed by atoms with Gasteiger partial charge in [-0.3, -0.25) is 9.48 Å². The summed E-state index contributed by atoms with van der Waals surface area (Å²) in [7, 11) is 1.84. The Balaban J connectivity index is 1.84. The number of nitrogens with zero attached hydrogens (tertiary/aromatic N) is 3. The topological polar surface area (TPSA) is 80.0 Å². The van der Waals surface area contributed by atoms with Crippen molar-refractivity contribution in [1.29, 1.82) is 0 Å². The Labute approximate surface area is 107 Å². The number of aryl methyl sites for hydroxylation is 2. The lowest BCUT2D eigenvalue weighted by Gasteiger charge is -2.01. The number of nitrogens with one attached hydrogen (secondary N) is 1. The number of carboxylic acids is 1. The summed E-state index contributed by atoms with van der Waals surface area (Å²) >= 11 is 1.51. The molecule has 3 rings (SSSR count). The summed E-state index contributed by atoms with van der Waals surface area (Å²) in [6.07, 6.45) is 3.30. The van der Waals surface area contributed by atoms with E-state index in [1.54, 1.807) is 4.68 Å². The normalized spacial score (nSPS) is 17.7. The van der Waals surface area contributed by atoms with E-state index >= 15 is 0 Å². The second-order valence-electron chi connectivity index (χ2n) is 4.26. The molecule has 7 heteroatoms. The van der Waals surface area contributed by atoms with Gasteiger partial charge in [0.1, 0.15) is 5.92 Å². The molecule has 0 radical (unpaired) electrons. The molecule has 18 heavy (non-hydrogen) atoms. The molecular weight excluding hydrogens is 252 g/mol. The van der Waals surface area contributed by atoms with E-state index in [0.29, 0.717) is 17.2 Å². The number of fused-ring (bicyclic) bond motifs is 1. The summed E-state index contributed by atoms with van der Waals surface area (Å²) < 4.78 is 1.70. The molecule has 2 aromatic heterocycles. The first-order valence-electron chi connectivity index (χ1n) is 5.62. The molecule has 0 saturated heterocycles. The number of carboxylic acid groups (broad SMARTS) is 1. The zero-order valence-corrected chi connectivity index (χ0v) is 10.6. The van der Waals surface area contributed by atoms with E-state index in [1.165, 1.54) is 11.3 Å². The number of hydrogen-bond donors (Lipinski definition) is 2. The summed E-state index contributed by atoms with van der Waals surface area (Å²) in [5, 5.41) is 17.1. The number of rotatable bonds is 3. The summed E-state index contributed by atoms with van der Waals surface area (Å²) in [5.41, 5.74) is 0.714. The molecule has 0 amide bonds. The van der Waals surface area contributed by atoms with Crippen molar-refractivity contribution >= 4 is 28.3 Å². The third kappa shape index (κ3) is 1.86. The summed E-state index contributed by atoms with van der Waals surface area (Å²) in [6, 6.07) is 1.85. The van der Waals surface area contributed by atoms with Crippen LogP contribution >= 0.6 is 11.3 Å². The second-order valence-corrected chi connectivity index (χ2v) is 5.34. The van der Waals surface area contributed by atoms with E-state index in [0.717, 1.165) is 17.1 Å². The fourth-order valence-corrected chi connectivity index (χ4v) is 3.16. The molecule has 2 heterocycles. The van der Waals surface area contributed by atoms with Crippen LogP contribution in [0.25, 0.3) is 0 Å². The number of thiazole rings is 1. The molecule has 1 atom stereocenters. The van der Waals surface area contributed by atoms with Gasteiger partial charge in [0.05, 0.1) is 5.69 Å². The number of anilines is 2. The Morgan fingerprint density at radius 2 is 2.50 bits per heavy atom. The van der Waals surface area contributed by atoms with Crippen molar-refractivity contribution < 1.29 is 9.90 Å². The highest BCUT2D eigenvalue weighted by atomic mass is 32.1. The molecule has 6 nitrogen and oxygen atoms in total. The van der Waals surface area contributed by atoms with Crippen LogP contribution in [0.15, 0.2) is 12.3 Å². The average molecular weight is 264 g/mol. The second kappa shape index (κ2) is 4.09. The van der Waals surface area contributed by atoms with Crippen molar-refractivity contribution in [2.24, 2.45) is 7.05 Å². The third-order valence-corrected chi connectivity index (χ3v) is 4.01. The summed E-state index contributed by atoms with van der Waals surface area (Å²) in [6.45, 7) is 0. The Hall–Kier alpha value is -1.89. The standard InChI is InChI=1S/C11H12N4O2S/c1-15-5-4-8(14-15)12-11-13-9-6(10(16)17)2-3-7(9)18-11/h4-6H,2-3H2,1H3,(H,16,17)(H,12,13,14). The molecule has 1 aliphatic carbocycles. The van der Waals surface area contributed by atoms with Crippen LogP contribution in [0.4, 0.5) is 10.9 Å². The van der Waals surface area contributed by atoms with Crippen molar-refractivity contribution in [3.8, 4) is 0 Å². The van der Waals surface area contributed by atoms with Crippen molar-refractivity contribution in [1.82, 2.24) is 14.8 Å². The number of aliphatic carboxylic acids is 1. The van der Waals surface area contributed by atoms with E-state index in [1.807, 2.05) is 19.3 Å². The molecule has 0 fully saturated rings. The molecular formula is C11H12N4O2S. The van der Waals surface area contributed by atoms with Gasteiger partial charge < -0.3 is 10.4 Å². The highest BCUT2D eigenvalue weighted by Gasteiger charge is 2.32. The lowest BCUT2D eigenvalue weighted by atomic mass is 10.1. The molecule has 0 spiro atoms. The molecule has 0 aliphatic heterocycles. The van der Waals surface area contributed by atoms with Crippen molar-refractivity contribution in [2.75, 3.05) is 5.32 Å². The van der Waals surface area contributed by atoms with Crippen LogP contribution in [0.3, 0.4) is 0 Å². The summed E-state index contributed by atoms with van der Waals surface area (Å²) in [5.74, 6) is -0.518. The van der Waals surface area contributed by atoms with E-state index < -0.39 is 11.9 Å². The minimum Gasteiger partial charge on any atom is -0.481 e. The highest BCUT2D eigenvalue weighted by molar-refractivity contribution is 7.15. The first-order valence-corrected chi connectivity index (χ1v) is 6.44. The maximum atomic E-state index is 11.1. The van der Waals surface area contributed by atoms with Crippen LogP contribution in [-0.2, 0) is 18.3 Å². The van der Waals surface area contributed by atoms with E-state index in [-0.39, 0.29) is 0 Å². The predicted octanol–water partition coefficient (Wildman–Crippen LogP) is 1.73. The zero-order chi connectivity index (χ0) is 12.7. The molecule has 0 saturated carbocycles. The molecule has 94 valence electrons. The predicted molar refractivity (Wildman–Crippen MR) is 67.3 cm³/mol. The number of hydrogen-bond acceptors (Lipinski definition) is 5. The molecule has 2 aromatic rings. The molecule has 2 N–H and O–H groups in total. The Kier molecular flexibility index (Phi) is 2.55. The Bertz CT molecular complexity index is 604. The Morgan fingerprint density at radius 1 is 1.67 bits per heavy atom. The van der Waals surface area contributed by atoms with E-state index in [4.69, 9.17) is 5.11 Å². The molecule has 0 bridgehead atoms. The smallest absolute Gasteiger partial charge is 0.312 e. The van der Waals surface area contributed by atoms with Crippen molar-refractivity contribution in [2.45, 2.75) is 18.8 Å². The van der Waals surface area contributed by atoms with Gasteiger partial charge in [0, 0.05) is 24.2 Å². The highest BCUT2D eigenvalue weighted by Crippen LogP contribution is 2.38. The van der Waals surface area contributed by atoms with Crippen LogP contribution in [0, 0.1) is 0 Å². The minimum absolute atomic E-state index is 0.449. The van der Waals surface area contributed by atoms with E-state index in [2.05, 4.69) is 15.4 Å². The van der Waals surface area contributed by atoms with Gasteiger partial charge in [-0.05, 0) is 12.8 Å². The third-order valence-electron chi connectivity index (χ3n) is 2.96. The van der Waals surface area contributed by atoms with Crippen LogP contribution < -0.4 is 5.32 Å². The quantitative estimate of drug-likeness (QED) is 0.882. The fraction of sp³-hybridized carbons (Fsp3) is 0.364. The lowest BCUT2D eigenvalue weighted by molar-refractivity contribution is -0.138. The number of carbonyl (C=O) groups is 1. The van der Waals surface area contributed by atoms with Gasteiger partial charge in [-0.2, -0.15) is 5.10 Å². The van der Waals surface area contributed by atoms with Gasteiger partial charge in [-0.1, -0.05) is 0 Å². The first kappa shape index (κ1) is 11.2. The molecule has 1 unspecified atom stereocenters. The van der Waals surface area contributed by atoms with Crippen LogP contribution in [0.1, 0.15) is 22.9 Å². The monoisotopic (exact) mass is 264 g/mol. The molecule has 1 aliphatic rings. The van der Waals surface area contributed by atoms with Crippen molar-refractivity contribution in [3.05, 3.63) is 22.8 Å². The Morgan fingerprint density at radius 3 is 3.17 bits per heavy atom. The lowest BCUT2D eigenvalue weighted by Crippen LogP contribution is -2.08. The molecule has 0 aromatic carbocycles. The van der Waals surface area contributed by atoms with E-state index in [9.17, 15) is 4.79 Å². The zero-order valence-electron chi connectivity index (χ0n) is 9.75. The van der Waals surface area contributed by atoms with Gasteiger partial charge in [0.25, 0.3) is 0 Å². The van der Waals surface area contributed by atoms with Gasteiger partial charge >= 0.3 is 5.97 Å². The average Bonchev–Trinajstić information content (AvgIpc) is 2.93. The largest absolute Gasteiger partial charge is 0.481 e. The number of aromatic nitrogens is 3. The van der Waals surface area contributed by atoms with Gasteiger partial charge in [0.2, 0.25) is 0 Å². The fourth-order valence-electron chi connectivity index (χ4n) is 2.11.